The average Bonchev–Trinajstić information content (AvgIpc) is 3.41. The summed E-state index contributed by atoms with van der Waals surface area (Å²) in [7, 11) is 0. The Bertz CT molecular complexity index is 1220. The molecule has 0 bridgehead atoms. The number of hydrogen-bond acceptors (Lipinski definition) is 9. The molecule has 2 aliphatic rings. The zero-order valence-electron chi connectivity index (χ0n) is 19.9. The molecule has 0 radical (unpaired) electrons. The van der Waals surface area contributed by atoms with Crippen LogP contribution in [0.4, 0.5) is 13.2 Å². The highest BCUT2D eigenvalue weighted by molar-refractivity contribution is 7.11. The first-order valence-corrected chi connectivity index (χ1v) is 12.5. The number of aliphatic carboxylic acids is 1. The molecule has 0 saturated carbocycles. The Morgan fingerprint density at radius 3 is 2.81 bits per heavy atom. The topological polar surface area (TPSA) is 113 Å². The number of nitrogens with zero attached hydrogens (tertiary/aromatic N) is 3. The first kappa shape index (κ1) is 26.8. The predicted octanol–water partition coefficient (Wildman–Crippen LogP) is 3.03. The Labute approximate surface area is 214 Å². The average molecular weight is 539 g/mol. The van der Waals surface area contributed by atoms with E-state index in [1.54, 1.807) is 18.5 Å². The van der Waals surface area contributed by atoms with Crippen molar-refractivity contribution in [2.75, 3.05) is 32.8 Å². The van der Waals surface area contributed by atoms with Crippen LogP contribution in [-0.4, -0.2) is 71.7 Å². The molecule has 37 heavy (non-hydrogen) atoms. The van der Waals surface area contributed by atoms with Crippen molar-refractivity contribution in [2.24, 2.45) is 4.99 Å². The number of amidine groups is 1. The third-order valence-corrected chi connectivity index (χ3v) is 6.68. The molecule has 1 saturated heterocycles. The van der Waals surface area contributed by atoms with Gasteiger partial charge in [0.05, 0.1) is 24.9 Å². The Hall–Kier alpha value is -3.29. The molecule has 0 unspecified atom stereocenters. The lowest BCUT2D eigenvalue weighted by atomic mass is 9.94. The lowest BCUT2D eigenvalue weighted by molar-refractivity contribution is -0.139. The molecule has 1 fully saturated rings. The third-order valence-electron chi connectivity index (χ3n) is 5.90. The van der Waals surface area contributed by atoms with E-state index in [1.165, 1.54) is 11.3 Å². The van der Waals surface area contributed by atoms with Crippen LogP contribution < -0.4 is 5.32 Å². The highest BCUT2D eigenvalue weighted by Gasteiger charge is 2.36. The number of carbonyl (C=O) groups is 2. The molecule has 2 aliphatic heterocycles. The first-order chi connectivity index (χ1) is 17.8. The standard InChI is InChI=1S/C24H25F3N4O5S/c1-2-35-24(34)18-16(12-31-8-9-36-13(11-31)3-6-17(32)33)29-22(23-28-7-10-37-23)30-21(18)14-4-5-15(25)20(27)19(14)26/h4-5,7,10,13,21H,2-3,6,8-9,11-12H2,1H3,(H,29,30)(H,32,33)/t13-,21+/m1/s1. The Balaban J connectivity index is 1.74. The summed E-state index contributed by atoms with van der Waals surface area (Å²) in [6.07, 6.45) is 1.49. The van der Waals surface area contributed by atoms with E-state index >= 15 is 0 Å². The summed E-state index contributed by atoms with van der Waals surface area (Å²) >= 11 is 1.25. The van der Waals surface area contributed by atoms with Crippen LogP contribution >= 0.6 is 11.3 Å². The number of ether oxygens (including phenoxy) is 2. The summed E-state index contributed by atoms with van der Waals surface area (Å²) in [5.74, 6) is -5.94. The number of carboxylic acid groups (broad SMARTS) is 1. The highest BCUT2D eigenvalue weighted by Crippen LogP contribution is 2.35. The molecule has 2 N–H and O–H groups in total. The number of esters is 1. The van der Waals surface area contributed by atoms with E-state index < -0.39 is 35.4 Å². The highest BCUT2D eigenvalue weighted by atomic mass is 32.1. The van der Waals surface area contributed by atoms with E-state index in [1.807, 2.05) is 4.90 Å². The van der Waals surface area contributed by atoms with Crippen molar-refractivity contribution in [3.05, 3.63) is 63.0 Å². The minimum absolute atomic E-state index is 0.0282. The molecule has 13 heteroatoms. The van der Waals surface area contributed by atoms with Crippen molar-refractivity contribution in [1.82, 2.24) is 15.2 Å². The van der Waals surface area contributed by atoms with E-state index in [0.717, 1.165) is 12.1 Å². The number of morpholine rings is 1. The number of rotatable bonds is 9. The van der Waals surface area contributed by atoms with E-state index in [9.17, 15) is 22.8 Å². The van der Waals surface area contributed by atoms with Gasteiger partial charge in [0.15, 0.2) is 28.3 Å². The lowest BCUT2D eigenvalue weighted by Crippen LogP contribution is -2.46. The van der Waals surface area contributed by atoms with Crippen LogP contribution in [0.1, 0.15) is 36.4 Å². The van der Waals surface area contributed by atoms with E-state index in [-0.39, 0.29) is 42.6 Å². The number of hydrogen-bond donors (Lipinski definition) is 2. The van der Waals surface area contributed by atoms with E-state index in [0.29, 0.717) is 36.8 Å². The van der Waals surface area contributed by atoms with Crippen LogP contribution in [0.5, 0.6) is 0 Å². The second-order valence-electron chi connectivity index (χ2n) is 8.38. The molecular weight excluding hydrogens is 513 g/mol. The van der Waals surface area contributed by atoms with E-state index in [2.05, 4.69) is 15.3 Å². The predicted molar refractivity (Wildman–Crippen MR) is 128 cm³/mol. The fourth-order valence-corrected chi connectivity index (χ4v) is 4.79. The molecule has 0 spiro atoms. The summed E-state index contributed by atoms with van der Waals surface area (Å²) in [5.41, 5.74) is -0.0244. The van der Waals surface area contributed by atoms with Crippen molar-refractivity contribution in [3.8, 4) is 0 Å². The number of aliphatic imine (C=N–C) groups is 1. The number of nitrogens with one attached hydrogen (secondary N) is 1. The maximum Gasteiger partial charge on any atom is 0.338 e. The summed E-state index contributed by atoms with van der Waals surface area (Å²) in [4.78, 5) is 34.8. The number of carbonyl (C=O) groups excluding carboxylic acids is 1. The number of thiazole rings is 1. The van der Waals surface area contributed by atoms with Crippen LogP contribution in [0.2, 0.25) is 0 Å². The van der Waals surface area contributed by atoms with Crippen LogP contribution in [0.25, 0.3) is 0 Å². The van der Waals surface area contributed by atoms with Crippen LogP contribution in [0.3, 0.4) is 0 Å². The Morgan fingerprint density at radius 2 is 2.11 bits per heavy atom. The minimum atomic E-state index is -1.67. The van der Waals surface area contributed by atoms with Crippen molar-refractivity contribution in [1.29, 1.82) is 0 Å². The molecule has 198 valence electrons. The number of aromatic nitrogens is 1. The van der Waals surface area contributed by atoms with Gasteiger partial charge >= 0.3 is 11.9 Å². The largest absolute Gasteiger partial charge is 0.481 e. The molecule has 0 aliphatic carbocycles. The molecule has 1 aromatic carbocycles. The van der Waals surface area contributed by atoms with Gasteiger partial charge in [0.1, 0.15) is 6.04 Å². The van der Waals surface area contributed by atoms with Crippen LogP contribution in [0, 0.1) is 17.5 Å². The Kier molecular flexibility index (Phi) is 8.56. The van der Waals surface area contributed by atoms with Gasteiger partial charge in [-0.3, -0.25) is 14.7 Å². The molecular formula is C24H25F3N4O5S. The lowest BCUT2D eigenvalue weighted by Gasteiger charge is -2.35. The monoisotopic (exact) mass is 538 g/mol. The van der Waals surface area contributed by atoms with Gasteiger partial charge in [0, 0.05) is 48.9 Å². The summed E-state index contributed by atoms with van der Waals surface area (Å²) in [5, 5.41) is 14.3. The molecule has 0 amide bonds. The molecule has 9 nitrogen and oxygen atoms in total. The first-order valence-electron chi connectivity index (χ1n) is 11.6. The normalized spacial score (nSPS) is 20.4. The van der Waals surface area contributed by atoms with Gasteiger partial charge in [-0.15, -0.1) is 11.3 Å². The van der Waals surface area contributed by atoms with Gasteiger partial charge in [0.2, 0.25) is 0 Å². The van der Waals surface area contributed by atoms with Crippen molar-refractivity contribution < 1.29 is 37.3 Å². The molecule has 4 rings (SSSR count). The number of benzene rings is 1. The Morgan fingerprint density at radius 1 is 1.30 bits per heavy atom. The maximum absolute atomic E-state index is 15.0. The fourth-order valence-electron chi connectivity index (χ4n) is 4.20. The van der Waals surface area contributed by atoms with E-state index in [4.69, 9.17) is 14.6 Å². The van der Waals surface area contributed by atoms with Crippen LogP contribution in [0.15, 0.2) is 40.0 Å². The molecule has 3 heterocycles. The number of halogens is 3. The number of carboxylic acids is 1. The fraction of sp³-hybridized carbons (Fsp3) is 0.417. The van der Waals surface area contributed by atoms with Crippen LogP contribution in [-0.2, 0) is 19.1 Å². The molecule has 2 aromatic rings. The second-order valence-corrected chi connectivity index (χ2v) is 9.27. The van der Waals surface area contributed by atoms with Crippen molar-refractivity contribution in [3.63, 3.8) is 0 Å². The minimum Gasteiger partial charge on any atom is -0.481 e. The van der Waals surface area contributed by atoms with Crippen molar-refractivity contribution >= 4 is 29.1 Å². The zero-order chi connectivity index (χ0) is 26.5. The van der Waals surface area contributed by atoms with Gasteiger partial charge in [-0.1, -0.05) is 6.07 Å². The summed E-state index contributed by atoms with van der Waals surface area (Å²) < 4.78 is 53.8. The second kappa shape index (κ2) is 11.8. The summed E-state index contributed by atoms with van der Waals surface area (Å²) in [6.45, 7) is 3.02. The molecule has 2 atom stereocenters. The van der Waals surface area contributed by atoms with Gasteiger partial charge in [-0.05, 0) is 19.4 Å². The van der Waals surface area contributed by atoms with Gasteiger partial charge in [-0.2, -0.15) is 0 Å². The quantitative estimate of drug-likeness (QED) is 0.370. The summed E-state index contributed by atoms with van der Waals surface area (Å²) in [6, 6.07) is 0.514. The zero-order valence-corrected chi connectivity index (χ0v) is 20.7. The SMILES string of the molecule is CCOC(=O)C1=C(CN2CCO[C@H](CCC(=O)O)C2)NC(c2nccs2)=N[C@H]1c1ccc(F)c(F)c1F. The van der Waals surface area contributed by atoms with Gasteiger partial charge in [0.25, 0.3) is 0 Å². The van der Waals surface area contributed by atoms with Gasteiger partial charge < -0.3 is 19.9 Å². The van der Waals surface area contributed by atoms with Gasteiger partial charge in [-0.25, -0.2) is 22.9 Å². The smallest absolute Gasteiger partial charge is 0.338 e. The molecule has 1 aromatic heterocycles. The third kappa shape index (κ3) is 6.17. The van der Waals surface area contributed by atoms with Crippen molar-refractivity contribution in [2.45, 2.75) is 31.9 Å². The maximum atomic E-state index is 15.0.